The zero-order valence-corrected chi connectivity index (χ0v) is 10.5. The minimum Gasteiger partial charge on any atom is -0.478 e. The fraction of sp³-hybridized carbons (Fsp3) is 0.385. The van der Waals surface area contributed by atoms with Gasteiger partial charge in [0.25, 0.3) is 0 Å². The molecule has 1 atom stereocenters. The Morgan fingerprint density at radius 1 is 1.35 bits per heavy atom. The van der Waals surface area contributed by atoms with Crippen LogP contribution in [0.2, 0.25) is 0 Å². The maximum atomic E-state index is 13.1. The average Bonchev–Trinajstić information content (AvgIpc) is 3.16. The van der Waals surface area contributed by atoms with Gasteiger partial charge in [-0.2, -0.15) is 0 Å². The molecule has 5 nitrogen and oxygen atoms in total. The third-order valence-corrected chi connectivity index (χ3v) is 3.21. The molecule has 20 heavy (non-hydrogen) atoms. The molecule has 1 aliphatic rings. The van der Waals surface area contributed by atoms with Gasteiger partial charge in [0.1, 0.15) is 0 Å². The molecule has 0 spiro atoms. The first-order chi connectivity index (χ1) is 9.38. The number of rotatable bonds is 5. The molecule has 108 valence electrons. The second-order valence-electron chi connectivity index (χ2n) is 4.87. The molecule has 1 unspecified atom stereocenters. The van der Waals surface area contributed by atoms with Crippen molar-refractivity contribution in [2.24, 2.45) is 11.7 Å². The molecule has 0 radical (unpaired) electrons. The van der Waals surface area contributed by atoms with E-state index in [9.17, 15) is 18.4 Å². The van der Waals surface area contributed by atoms with Crippen molar-refractivity contribution in [1.29, 1.82) is 0 Å². The van der Waals surface area contributed by atoms with E-state index in [0.717, 1.165) is 12.8 Å². The van der Waals surface area contributed by atoms with Crippen molar-refractivity contribution in [2.45, 2.75) is 25.3 Å². The second-order valence-corrected chi connectivity index (χ2v) is 4.87. The normalized spacial score (nSPS) is 15.8. The highest BCUT2D eigenvalue weighted by Gasteiger charge is 2.30. The molecule has 2 rings (SSSR count). The van der Waals surface area contributed by atoms with Crippen LogP contribution in [0, 0.1) is 17.6 Å². The second kappa shape index (κ2) is 5.54. The predicted octanol–water partition coefficient (Wildman–Crippen LogP) is 1.73. The third-order valence-electron chi connectivity index (χ3n) is 3.21. The Morgan fingerprint density at radius 2 is 1.95 bits per heavy atom. The number of aromatic carboxylic acids is 1. The number of carbonyl (C=O) groups excluding carboxylic acids is 1. The average molecular weight is 284 g/mol. The van der Waals surface area contributed by atoms with Gasteiger partial charge in [-0.05, 0) is 24.8 Å². The van der Waals surface area contributed by atoms with Gasteiger partial charge in [0, 0.05) is 18.5 Å². The Labute approximate surface area is 113 Å². The van der Waals surface area contributed by atoms with Gasteiger partial charge >= 0.3 is 5.97 Å². The SMILES string of the molecule is NC(CC(=O)Nc1cc(F)c(F)cc1C(=O)O)C1CC1. The molecule has 4 N–H and O–H groups in total. The van der Waals surface area contributed by atoms with E-state index < -0.39 is 29.1 Å². The number of carboxylic acids is 1. The van der Waals surface area contributed by atoms with E-state index in [4.69, 9.17) is 10.8 Å². The Balaban J connectivity index is 2.12. The third kappa shape index (κ3) is 3.30. The number of nitrogens with two attached hydrogens (primary N) is 1. The summed E-state index contributed by atoms with van der Waals surface area (Å²) in [5, 5.41) is 11.2. The fourth-order valence-corrected chi connectivity index (χ4v) is 1.93. The molecule has 1 amide bonds. The number of amides is 1. The van der Waals surface area contributed by atoms with Gasteiger partial charge in [0.05, 0.1) is 11.3 Å². The van der Waals surface area contributed by atoms with Gasteiger partial charge in [-0.25, -0.2) is 13.6 Å². The Bertz CT molecular complexity index is 559. The van der Waals surface area contributed by atoms with Crippen molar-refractivity contribution in [1.82, 2.24) is 0 Å². The van der Waals surface area contributed by atoms with E-state index in [-0.39, 0.29) is 18.2 Å². The number of anilines is 1. The van der Waals surface area contributed by atoms with Gasteiger partial charge in [-0.3, -0.25) is 4.79 Å². The van der Waals surface area contributed by atoms with Crippen LogP contribution < -0.4 is 11.1 Å². The molecule has 0 saturated heterocycles. The monoisotopic (exact) mass is 284 g/mol. The largest absolute Gasteiger partial charge is 0.478 e. The maximum absolute atomic E-state index is 13.1. The Hall–Kier alpha value is -2.02. The lowest BCUT2D eigenvalue weighted by molar-refractivity contribution is -0.116. The minimum absolute atomic E-state index is 0.0166. The van der Waals surface area contributed by atoms with Crippen LogP contribution in [0.5, 0.6) is 0 Å². The summed E-state index contributed by atoms with van der Waals surface area (Å²) in [6.07, 6.45) is 1.96. The van der Waals surface area contributed by atoms with E-state index in [0.29, 0.717) is 18.1 Å². The first-order valence-corrected chi connectivity index (χ1v) is 6.16. The molecule has 0 aliphatic heterocycles. The molecule has 0 bridgehead atoms. The number of carbonyl (C=O) groups is 2. The lowest BCUT2D eigenvalue weighted by Gasteiger charge is -2.12. The minimum atomic E-state index is -1.45. The molecule has 1 aliphatic carbocycles. The van der Waals surface area contributed by atoms with E-state index in [1.54, 1.807) is 0 Å². The Kier molecular flexibility index (Phi) is 3.99. The topological polar surface area (TPSA) is 92.4 Å². The summed E-state index contributed by atoms with van der Waals surface area (Å²) in [6, 6.07) is 0.890. The highest BCUT2D eigenvalue weighted by Crippen LogP contribution is 2.33. The van der Waals surface area contributed by atoms with Gasteiger partial charge in [-0.15, -0.1) is 0 Å². The van der Waals surface area contributed by atoms with Crippen molar-refractivity contribution >= 4 is 17.6 Å². The molecular weight excluding hydrogens is 270 g/mol. The van der Waals surface area contributed by atoms with Crippen LogP contribution in [0.4, 0.5) is 14.5 Å². The standard InChI is InChI=1S/C13H14F2N2O3/c14-8-3-7(13(19)20)11(4-9(8)15)17-12(18)5-10(16)6-1-2-6/h3-4,6,10H,1-2,5,16H2,(H,17,18)(H,19,20). The number of nitrogens with one attached hydrogen (secondary N) is 1. The van der Waals surface area contributed by atoms with Crippen LogP contribution in [-0.2, 0) is 4.79 Å². The van der Waals surface area contributed by atoms with Gasteiger partial charge in [-0.1, -0.05) is 0 Å². The van der Waals surface area contributed by atoms with Crippen LogP contribution in [-0.4, -0.2) is 23.0 Å². The van der Waals surface area contributed by atoms with Crippen LogP contribution in [0.1, 0.15) is 29.6 Å². The fourth-order valence-electron chi connectivity index (χ4n) is 1.93. The van der Waals surface area contributed by atoms with Crippen molar-refractivity contribution < 1.29 is 23.5 Å². The number of carboxylic acid groups (broad SMARTS) is 1. The van der Waals surface area contributed by atoms with E-state index in [1.165, 1.54) is 0 Å². The summed E-state index contributed by atoms with van der Waals surface area (Å²) in [6.45, 7) is 0. The van der Waals surface area contributed by atoms with Crippen molar-refractivity contribution in [3.05, 3.63) is 29.3 Å². The zero-order valence-electron chi connectivity index (χ0n) is 10.5. The van der Waals surface area contributed by atoms with E-state index in [2.05, 4.69) is 5.32 Å². The smallest absolute Gasteiger partial charge is 0.337 e. The number of hydrogen-bond donors (Lipinski definition) is 3. The van der Waals surface area contributed by atoms with Gasteiger partial charge < -0.3 is 16.2 Å². The van der Waals surface area contributed by atoms with Crippen LogP contribution in [0.3, 0.4) is 0 Å². The summed E-state index contributed by atoms with van der Waals surface area (Å²) in [5.74, 6) is -4.17. The lowest BCUT2D eigenvalue weighted by Crippen LogP contribution is -2.29. The van der Waals surface area contributed by atoms with Gasteiger partial charge in [0.2, 0.25) is 5.91 Å². The summed E-state index contributed by atoms with van der Waals surface area (Å²) < 4.78 is 26.1. The van der Waals surface area contributed by atoms with Crippen molar-refractivity contribution in [3.63, 3.8) is 0 Å². The highest BCUT2D eigenvalue weighted by atomic mass is 19.2. The zero-order chi connectivity index (χ0) is 14.9. The van der Waals surface area contributed by atoms with Crippen LogP contribution in [0.15, 0.2) is 12.1 Å². The molecular formula is C13H14F2N2O3. The van der Waals surface area contributed by atoms with Crippen LogP contribution in [0.25, 0.3) is 0 Å². The summed E-state index contributed by atoms with van der Waals surface area (Å²) >= 11 is 0. The van der Waals surface area contributed by atoms with Crippen LogP contribution >= 0.6 is 0 Å². The van der Waals surface area contributed by atoms with Gasteiger partial charge in [0.15, 0.2) is 11.6 Å². The molecule has 1 saturated carbocycles. The lowest BCUT2D eigenvalue weighted by atomic mass is 10.1. The Morgan fingerprint density at radius 3 is 2.50 bits per heavy atom. The summed E-state index contributed by atoms with van der Waals surface area (Å²) in [7, 11) is 0. The van der Waals surface area contributed by atoms with E-state index >= 15 is 0 Å². The molecule has 1 aromatic rings. The molecule has 0 heterocycles. The highest BCUT2D eigenvalue weighted by molar-refractivity contribution is 6.00. The molecule has 1 fully saturated rings. The number of benzene rings is 1. The molecule has 7 heteroatoms. The van der Waals surface area contributed by atoms with Crippen molar-refractivity contribution in [3.8, 4) is 0 Å². The van der Waals surface area contributed by atoms with Crippen molar-refractivity contribution in [2.75, 3.05) is 5.32 Å². The number of hydrogen-bond acceptors (Lipinski definition) is 3. The molecule has 1 aromatic carbocycles. The summed E-state index contributed by atoms with van der Waals surface area (Å²) in [5.41, 5.74) is 5.00. The molecule has 0 aromatic heterocycles. The first kappa shape index (κ1) is 14.4. The first-order valence-electron chi connectivity index (χ1n) is 6.16. The maximum Gasteiger partial charge on any atom is 0.337 e. The summed E-state index contributed by atoms with van der Waals surface area (Å²) in [4.78, 5) is 22.7. The predicted molar refractivity (Wildman–Crippen MR) is 67.3 cm³/mol. The number of halogens is 2. The quantitative estimate of drug-likeness (QED) is 0.767. The van der Waals surface area contributed by atoms with E-state index in [1.807, 2.05) is 0 Å².